The Kier molecular flexibility index (Phi) is 3.96. The van der Waals surface area contributed by atoms with Gasteiger partial charge in [-0.2, -0.15) is 0 Å². The van der Waals surface area contributed by atoms with Crippen molar-refractivity contribution in [1.82, 2.24) is 0 Å². The average molecular weight is 379 g/mol. The molecule has 1 aliphatic rings. The van der Waals surface area contributed by atoms with E-state index in [1.165, 1.54) is 6.07 Å². The van der Waals surface area contributed by atoms with Crippen molar-refractivity contribution in [2.75, 3.05) is 0 Å². The molecule has 0 atom stereocenters. The summed E-state index contributed by atoms with van der Waals surface area (Å²) < 4.78 is 6.10. The highest BCUT2D eigenvalue weighted by Gasteiger charge is 2.30. The summed E-state index contributed by atoms with van der Waals surface area (Å²) >= 11 is 0. The molecule has 0 amide bonds. The van der Waals surface area contributed by atoms with Crippen molar-refractivity contribution in [3.63, 3.8) is 0 Å². The molecule has 3 aromatic carbocycles. The van der Waals surface area contributed by atoms with Crippen molar-refractivity contribution in [2.45, 2.75) is 46.8 Å². The Hall–Kier alpha value is -2.95. The second-order valence-corrected chi connectivity index (χ2v) is 8.36. The zero-order chi connectivity index (χ0) is 20.4. The Balaban J connectivity index is 2.38. The maximum Gasteiger partial charge on any atom is 0.195 e. The van der Waals surface area contributed by atoms with Crippen molar-refractivity contribution >= 4 is 27.6 Å². The third-order valence-corrected chi connectivity index (χ3v) is 5.23. The molecule has 5 nitrogen and oxygen atoms in total. The fourth-order valence-electron chi connectivity index (χ4n) is 3.92. The Labute approximate surface area is 163 Å². The molecule has 3 N–H and O–H groups in total. The van der Waals surface area contributed by atoms with Crippen LogP contribution in [0.2, 0.25) is 0 Å². The van der Waals surface area contributed by atoms with Crippen molar-refractivity contribution in [1.29, 1.82) is 0 Å². The summed E-state index contributed by atoms with van der Waals surface area (Å²) in [5, 5.41) is 35.9. The molecule has 1 heterocycles. The van der Waals surface area contributed by atoms with E-state index in [9.17, 15) is 15.3 Å². The number of fused-ring (bicyclic) bond motifs is 2. The predicted molar refractivity (Wildman–Crippen MR) is 111 cm³/mol. The minimum absolute atomic E-state index is 0.0240. The van der Waals surface area contributed by atoms with E-state index in [0.717, 1.165) is 6.42 Å². The number of phenolic OH excluding ortho intramolecular Hbond substituents is 3. The fraction of sp³-hybridized carbons (Fsp3) is 0.348. The van der Waals surface area contributed by atoms with Gasteiger partial charge < -0.3 is 20.1 Å². The van der Waals surface area contributed by atoms with Gasteiger partial charge in [-0.15, -0.1) is 0 Å². The lowest BCUT2D eigenvalue weighted by atomic mass is 9.93. The van der Waals surface area contributed by atoms with E-state index >= 15 is 0 Å². The van der Waals surface area contributed by atoms with Crippen molar-refractivity contribution in [2.24, 2.45) is 10.9 Å². The quantitative estimate of drug-likeness (QED) is 0.588. The van der Waals surface area contributed by atoms with Crippen LogP contribution in [-0.2, 0) is 0 Å². The molecule has 0 saturated heterocycles. The summed E-state index contributed by atoms with van der Waals surface area (Å²) in [5.41, 5.74) is -0.221. The van der Waals surface area contributed by atoms with Gasteiger partial charge in [0, 0.05) is 21.6 Å². The van der Waals surface area contributed by atoms with Gasteiger partial charge in [0.2, 0.25) is 0 Å². The largest absolute Gasteiger partial charge is 0.507 e. The summed E-state index contributed by atoms with van der Waals surface area (Å²) in [6.45, 7) is 9.68. The van der Waals surface area contributed by atoms with Crippen LogP contribution in [0.1, 0.15) is 39.7 Å². The second-order valence-electron chi connectivity index (χ2n) is 8.36. The molecule has 28 heavy (non-hydrogen) atoms. The molecule has 0 aromatic heterocycles. The number of hydrogen-bond donors (Lipinski definition) is 3. The maximum absolute atomic E-state index is 11.2. The SMILES string of the molecule is Cc1c(O)c(=CCC(C)C)c2c(O)c3c(O)cccc3c3c2c1OC(C)(C)N=3. The molecule has 0 saturated carbocycles. The molecule has 3 aromatic rings. The van der Waals surface area contributed by atoms with E-state index in [1.54, 1.807) is 6.07 Å². The summed E-state index contributed by atoms with van der Waals surface area (Å²) in [5.74, 6) is 0.889. The van der Waals surface area contributed by atoms with Gasteiger partial charge in [0.05, 0.1) is 16.1 Å². The van der Waals surface area contributed by atoms with E-state index in [1.807, 2.05) is 32.9 Å². The Morgan fingerprint density at radius 3 is 2.46 bits per heavy atom. The number of rotatable bonds is 2. The van der Waals surface area contributed by atoms with Gasteiger partial charge in [0.25, 0.3) is 0 Å². The first-order valence-electron chi connectivity index (χ1n) is 9.53. The molecular weight excluding hydrogens is 354 g/mol. The third kappa shape index (κ3) is 2.57. The first-order chi connectivity index (χ1) is 13.1. The number of benzene rings is 3. The summed E-state index contributed by atoms with van der Waals surface area (Å²) in [6.07, 6.45) is 2.67. The van der Waals surface area contributed by atoms with E-state index in [2.05, 4.69) is 13.8 Å². The maximum atomic E-state index is 11.2. The highest BCUT2D eigenvalue weighted by Crippen LogP contribution is 2.43. The molecule has 0 bridgehead atoms. The molecule has 1 aliphatic heterocycles. The van der Waals surface area contributed by atoms with Crippen LogP contribution in [0.3, 0.4) is 0 Å². The van der Waals surface area contributed by atoms with Gasteiger partial charge in [0.15, 0.2) is 5.72 Å². The Morgan fingerprint density at radius 2 is 1.79 bits per heavy atom. The number of hydrogen-bond acceptors (Lipinski definition) is 5. The minimum Gasteiger partial charge on any atom is -0.507 e. The van der Waals surface area contributed by atoms with Gasteiger partial charge in [0.1, 0.15) is 23.0 Å². The predicted octanol–water partition coefficient (Wildman–Crippen LogP) is 3.99. The van der Waals surface area contributed by atoms with Crippen molar-refractivity contribution in [3.8, 4) is 23.0 Å². The molecule has 0 spiro atoms. The minimum atomic E-state index is -0.838. The van der Waals surface area contributed by atoms with Gasteiger partial charge in [-0.25, -0.2) is 4.99 Å². The molecule has 0 aliphatic carbocycles. The standard InChI is InChI=1S/C23H25NO4/c1-11(2)9-10-14-17-18-19(13-7-6-8-15(25)16(13)21(17)27)24-23(4,5)28-22(18)12(3)20(14)26/h6-8,10-11,25-27H,9H2,1-5H3. The fourth-order valence-corrected chi connectivity index (χ4v) is 3.92. The smallest absolute Gasteiger partial charge is 0.195 e. The van der Waals surface area contributed by atoms with E-state index < -0.39 is 5.72 Å². The van der Waals surface area contributed by atoms with Crippen molar-refractivity contribution < 1.29 is 20.1 Å². The lowest BCUT2D eigenvalue weighted by Gasteiger charge is -2.29. The number of aromatic hydroxyl groups is 3. The highest BCUT2D eigenvalue weighted by molar-refractivity contribution is 6.10. The van der Waals surface area contributed by atoms with Gasteiger partial charge in [-0.1, -0.05) is 32.1 Å². The molecule has 0 fully saturated rings. The molecule has 5 heteroatoms. The molecule has 4 rings (SSSR count). The van der Waals surface area contributed by atoms with Crippen LogP contribution in [0.25, 0.3) is 27.6 Å². The van der Waals surface area contributed by atoms with Crippen LogP contribution in [0.15, 0.2) is 23.2 Å². The van der Waals surface area contributed by atoms with Crippen LogP contribution >= 0.6 is 0 Å². The van der Waals surface area contributed by atoms with Gasteiger partial charge in [-0.05, 0) is 39.2 Å². The molecule has 0 radical (unpaired) electrons. The van der Waals surface area contributed by atoms with Crippen molar-refractivity contribution in [3.05, 3.63) is 34.3 Å². The second kappa shape index (κ2) is 6.03. The first kappa shape index (κ1) is 18.4. The Bertz CT molecular complexity index is 1260. The monoisotopic (exact) mass is 379 g/mol. The highest BCUT2D eigenvalue weighted by atomic mass is 16.5. The molecule has 0 unspecified atom stereocenters. The third-order valence-electron chi connectivity index (χ3n) is 5.23. The topological polar surface area (TPSA) is 82.3 Å². The van der Waals surface area contributed by atoms with Crippen LogP contribution in [-0.4, -0.2) is 21.0 Å². The molecular formula is C23H25NO4. The summed E-state index contributed by atoms with van der Waals surface area (Å²) in [6, 6.07) is 5.10. The van der Waals surface area contributed by atoms with E-state index in [0.29, 0.717) is 49.4 Å². The summed E-state index contributed by atoms with van der Waals surface area (Å²) in [4.78, 5) is 4.77. The van der Waals surface area contributed by atoms with Crippen LogP contribution in [0, 0.1) is 12.8 Å². The van der Waals surface area contributed by atoms with Gasteiger partial charge in [-0.3, -0.25) is 0 Å². The lowest BCUT2D eigenvalue weighted by Crippen LogP contribution is -2.34. The Morgan fingerprint density at radius 1 is 1.07 bits per heavy atom. The van der Waals surface area contributed by atoms with Crippen LogP contribution < -0.4 is 15.3 Å². The zero-order valence-corrected chi connectivity index (χ0v) is 16.8. The molecule has 146 valence electrons. The number of phenols is 3. The summed E-state index contributed by atoms with van der Waals surface area (Å²) in [7, 11) is 0. The van der Waals surface area contributed by atoms with Gasteiger partial charge >= 0.3 is 0 Å². The van der Waals surface area contributed by atoms with Crippen LogP contribution in [0.4, 0.5) is 0 Å². The average Bonchev–Trinajstić information content (AvgIpc) is 2.61. The lowest BCUT2D eigenvalue weighted by molar-refractivity contribution is 0.112. The van der Waals surface area contributed by atoms with E-state index in [4.69, 9.17) is 9.73 Å². The first-order valence-corrected chi connectivity index (χ1v) is 9.53. The number of nitrogens with zero attached hydrogens (tertiary/aromatic N) is 1. The van der Waals surface area contributed by atoms with E-state index in [-0.39, 0.29) is 17.2 Å². The number of ether oxygens (including phenoxy) is 1. The normalized spacial score (nSPS) is 15.9. The zero-order valence-electron chi connectivity index (χ0n) is 16.8. The van der Waals surface area contributed by atoms with Crippen LogP contribution in [0.5, 0.6) is 23.0 Å².